The van der Waals surface area contributed by atoms with Gasteiger partial charge in [-0.2, -0.15) is 0 Å². The van der Waals surface area contributed by atoms with Crippen LogP contribution in [0.5, 0.6) is 5.75 Å². The molecule has 0 aliphatic carbocycles. The van der Waals surface area contributed by atoms with Gasteiger partial charge in [0.05, 0.1) is 34.9 Å². The number of hydrogen-bond acceptors (Lipinski definition) is 5. The second-order valence-corrected chi connectivity index (χ2v) is 8.79. The molecule has 1 N–H and O–H groups in total. The first kappa shape index (κ1) is 22.6. The Morgan fingerprint density at radius 2 is 1.94 bits per heavy atom. The molecule has 0 aromatic heterocycles. The predicted molar refractivity (Wildman–Crippen MR) is 122 cm³/mol. The van der Waals surface area contributed by atoms with Crippen molar-refractivity contribution in [3.63, 3.8) is 0 Å². The van der Waals surface area contributed by atoms with Crippen molar-refractivity contribution < 1.29 is 24.2 Å². The number of aliphatic hydroxyl groups excluding tert-OH is 1. The van der Waals surface area contributed by atoms with Crippen LogP contribution in [0.15, 0.2) is 42.0 Å². The number of ether oxygens (including phenoxy) is 2. The van der Waals surface area contributed by atoms with Crippen LogP contribution in [0.1, 0.15) is 35.6 Å². The molecule has 0 spiro atoms. The quantitative estimate of drug-likeness (QED) is 0.377. The lowest BCUT2D eigenvalue weighted by Gasteiger charge is -2.27. The molecule has 2 fully saturated rings. The van der Waals surface area contributed by atoms with Gasteiger partial charge in [-0.1, -0.05) is 53.0 Å². The highest BCUT2D eigenvalue weighted by Crippen LogP contribution is 2.42. The molecular formula is C24H23Cl2NO5. The maximum Gasteiger partial charge on any atom is 0.295 e. The standard InChI is InChI=1S/C24H23Cl2NO5/c1-13-5-3-6-14(9-13)20-19(21(28)15-10-17(25)23(31-2)18(26)11-15)22(29)24(30)27(20)12-16-7-4-8-32-16/h3,5-6,9-11,16,20,28H,4,7-8,12H2,1-2H3/b21-19+. The third-order valence-corrected chi connectivity index (χ3v) is 6.36. The van der Waals surface area contributed by atoms with Gasteiger partial charge in [-0.25, -0.2) is 0 Å². The summed E-state index contributed by atoms with van der Waals surface area (Å²) in [5.41, 5.74) is 1.93. The number of hydrogen-bond donors (Lipinski definition) is 1. The first-order valence-corrected chi connectivity index (χ1v) is 11.1. The summed E-state index contributed by atoms with van der Waals surface area (Å²) in [6, 6.07) is 9.70. The molecule has 2 saturated heterocycles. The van der Waals surface area contributed by atoms with Gasteiger partial charge < -0.3 is 19.5 Å². The predicted octanol–water partition coefficient (Wildman–Crippen LogP) is 4.91. The van der Waals surface area contributed by atoms with E-state index >= 15 is 0 Å². The number of halogens is 2. The molecular weight excluding hydrogens is 453 g/mol. The van der Waals surface area contributed by atoms with E-state index in [1.807, 2.05) is 31.2 Å². The Morgan fingerprint density at radius 1 is 1.22 bits per heavy atom. The molecule has 2 aliphatic rings. The fourth-order valence-corrected chi connectivity index (χ4v) is 4.95. The van der Waals surface area contributed by atoms with Gasteiger partial charge in [0.1, 0.15) is 5.76 Å². The third-order valence-electron chi connectivity index (χ3n) is 5.80. The number of carbonyl (C=O) groups excluding carboxylic acids is 2. The summed E-state index contributed by atoms with van der Waals surface area (Å²) in [5.74, 6) is -1.50. The number of nitrogens with zero attached hydrogens (tertiary/aromatic N) is 1. The fraction of sp³-hybridized carbons (Fsp3) is 0.333. The second kappa shape index (κ2) is 9.14. The van der Waals surface area contributed by atoms with Gasteiger partial charge in [-0.3, -0.25) is 9.59 Å². The zero-order valence-corrected chi connectivity index (χ0v) is 19.2. The van der Waals surface area contributed by atoms with Crippen molar-refractivity contribution in [1.82, 2.24) is 4.90 Å². The number of rotatable bonds is 5. The topological polar surface area (TPSA) is 76.1 Å². The van der Waals surface area contributed by atoms with Crippen LogP contribution in [0, 0.1) is 6.92 Å². The van der Waals surface area contributed by atoms with Crippen LogP contribution in [0.2, 0.25) is 10.0 Å². The minimum atomic E-state index is -0.755. The highest BCUT2D eigenvalue weighted by Gasteiger charge is 2.47. The Balaban J connectivity index is 1.86. The highest BCUT2D eigenvalue weighted by molar-refractivity contribution is 6.46. The summed E-state index contributed by atoms with van der Waals surface area (Å²) >= 11 is 12.5. The number of likely N-dealkylation sites (tertiary alicyclic amines) is 1. The Morgan fingerprint density at radius 3 is 2.53 bits per heavy atom. The Hall–Kier alpha value is -2.54. The lowest BCUT2D eigenvalue weighted by atomic mass is 9.94. The first-order valence-electron chi connectivity index (χ1n) is 10.3. The average molecular weight is 476 g/mol. The van der Waals surface area contributed by atoms with E-state index in [1.165, 1.54) is 24.1 Å². The molecule has 4 rings (SSSR count). The van der Waals surface area contributed by atoms with Gasteiger partial charge >= 0.3 is 0 Å². The maximum atomic E-state index is 13.1. The number of methoxy groups -OCH3 is 1. The summed E-state index contributed by atoms with van der Waals surface area (Å²) in [5, 5.41) is 11.6. The van der Waals surface area contributed by atoms with Crippen molar-refractivity contribution >= 4 is 40.7 Å². The van der Waals surface area contributed by atoms with Gasteiger partial charge in [-0.05, 0) is 37.5 Å². The smallest absolute Gasteiger partial charge is 0.295 e. The van der Waals surface area contributed by atoms with E-state index < -0.39 is 17.7 Å². The van der Waals surface area contributed by atoms with Crippen LogP contribution in [0.3, 0.4) is 0 Å². The van der Waals surface area contributed by atoms with Crippen molar-refractivity contribution in [1.29, 1.82) is 0 Å². The zero-order valence-electron chi connectivity index (χ0n) is 17.7. The van der Waals surface area contributed by atoms with Crippen LogP contribution in [-0.4, -0.2) is 48.1 Å². The lowest BCUT2D eigenvalue weighted by Crippen LogP contribution is -2.36. The van der Waals surface area contributed by atoms with Crippen LogP contribution >= 0.6 is 23.2 Å². The van der Waals surface area contributed by atoms with Crippen molar-refractivity contribution in [2.45, 2.75) is 31.9 Å². The molecule has 2 aromatic carbocycles. The van der Waals surface area contributed by atoms with E-state index in [1.54, 1.807) is 0 Å². The molecule has 6 nitrogen and oxygen atoms in total. The van der Waals surface area contributed by atoms with E-state index in [0.29, 0.717) is 6.61 Å². The minimum absolute atomic E-state index is 0.00380. The molecule has 8 heteroatoms. The van der Waals surface area contributed by atoms with Crippen molar-refractivity contribution in [2.75, 3.05) is 20.3 Å². The molecule has 0 bridgehead atoms. The number of benzene rings is 2. The summed E-state index contributed by atoms with van der Waals surface area (Å²) in [7, 11) is 1.43. The van der Waals surface area contributed by atoms with E-state index in [-0.39, 0.29) is 45.3 Å². The summed E-state index contributed by atoms with van der Waals surface area (Å²) in [6.45, 7) is 2.83. The Kier molecular flexibility index (Phi) is 6.47. The van der Waals surface area contributed by atoms with Crippen molar-refractivity contribution in [2.24, 2.45) is 0 Å². The van der Waals surface area contributed by atoms with Gasteiger partial charge in [0.25, 0.3) is 11.7 Å². The molecule has 2 aliphatic heterocycles. The molecule has 2 aromatic rings. The van der Waals surface area contributed by atoms with Crippen molar-refractivity contribution in [3.05, 3.63) is 68.7 Å². The van der Waals surface area contributed by atoms with Crippen LogP contribution < -0.4 is 4.74 Å². The average Bonchev–Trinajstić information content (AvgIpc) is 3.35. The third kappa shape index (κ3) is 4.10. The lowest BCUT2D eigenvalue weighted by molar-refractivity contribution is -0.140. The van der Waals surface area contributed by atoms with E-state index in [4.69, 9.17) is 32.7 Å². The minimum Gasteiger partial charge on any atom is -0.507 e. The highest BCUT2D eigenvalue weighted by atomic mass is 35.5. The van der Waals surface area contributed by atoms with Gasteiger partial charge in [-0.15, -0.1) is 0 Å². The van der Waals surface area contributed by atoms with Gasteiger partial charge in [0.2, 0.25) is 0 Å². The SMILES string of the molecule is COc1c(Cl)cc(/C(O)=C2\C(=O)C(=O)N(CC3CCCO3)C2c2cccc(C)c2)cc1Cl. The van der Waals surface area contributed by atoms with Gasteiger partial charge in [0, 0.05) is 18.7 Å². The van der Waals surface area contributed by atoms with E-state index in [2.05, 4.69) is 0 Å². The number of Topliss-reactive ketones (excluding diaryl/α,β-unsaturated/α-hetero) is 1. The maximum absolute atomic E-state index is 13.1. The zero-order chi connectivity index (χ0) is 23.0. The molecule has 2 heterocycles. The number of aliphatic hydroxyl groups is 1. The van der Waals surface area contributed by atoms with Crippen LogP contribution in [0.4, 0.5) is 0 Å². The molecule has 0 radical (unpaired) electrons. The second-order valence-electron chi connectivity index (χ2n) is 7.97. The molecule has 2 atom stereocenters. The summed E-state index contributed by atoms with van der Waals surface area (Å²) in [4.78, 5) is 27.7. The van der Waals surface area contributed by atoms with Crippen LogP contribution in [0.25, 0.3) is 5.76 Å². The van der Waals surface area contributed by atoms with Gasteiger partial charge in [0.15, 0.2) is 5.75 Å². The molecule has 0 saturated carbocycles. The van der Waals surface area contributed by atoms with E-state index in [9.17, 15) is 14.7 Å². The normalized spacial score (nSPS) is 22.6. The molecule has 1 amide bonds. The number of carbonyl (C=O) groups is 2. The fourth-order valence-electron chi connectivity index (χ4n) is 4.31. The Labute approximate surface area is 196 Å². The number of aryl methyl sites for hydroxylation is 1. The molecule has 2 unspecified atom stereocenters. The number of ketones is 1. The largest absolute Gasteiger partial charge is 0.507 e. The van der Waals surface area contributed by atoms with E-state index in [0.717, 1.165) is 24.0 Å². The molecule has 32 heavy (non-hydrogen) atoms. The first-order chi connectivity index (χ1) is 15.3. The number of amides is 1. The monoisotopic (exact) mass is 475 g/mol. The summed E-state index contributed by atoms with van der Waals surface area (Å²) < 4.78 is 10.9. The summed E-state index contributed by atoms with van der Waals surface area (Å²) in [6.07, 6.45) is 1.57. The molecule has 168 valence electrons. The van der Waals surface area contributed by atoms with Crippen molar-refractivity contribution in [3.8, 4) is 5.75 Å². The van der Waals surface area contributed by atoms with Crippen LogP contribution in [-0.2, 0) is 14.3 Å². The Bertz CT molecular complexity index is 1080.